The quantitative estimate of drug-likeness (QED) is 0.881. The fraction of sp³-hybridized carbons (Fsp3) is 0.647. The number of hydrogen-bond acceptors (Lipinski definition) is 2. The number of likely N-dealkylation sites (tertiary alicyclic amines) is 1. The lowest BCUT2D eigenvalue weighted by atomic mass is 9.88. The van der Waals surface area contributed by atoms with Crippen molar-refractivity contribution in [3.8, 4) is 0 Å². The number of nitrogens with zero attached hydrogens (tertiary/aromatic N) is 1. The van der Waals surface area contributed by atoms with Gasteiger partial charge in [0.05, 0.1) is 6.10 Å². The maximum absolute atomic E-state index is 10.2. The van der Waals surface area contributed by atoms with Crippen LogP contribution >= 0.6 is 0 Å². The summed E-state index contributed by atoms with van der Waals surface area (Å²) in [6.07, 6.45) is 4.10. The molecule has 19 heavy (non-hydrogen) atoms. The van der Waals surface area contributed by atoms with Crippen LogP contribution in [0, 0.1) is 5.92 Å². The van der Waals surface area contributed by atoms with E-state index >= 15 is 0 Å². The van der Waals surface area contributed by atoms with E-state index in [1.165, 1.54) is 17.5 Å². The van der Waals surface area contributed by atoms with E-state index in [-0.39, 0.29) is 6.10 Å². The molecule has 1 aliphatic rings. The van der Waals surface area contributed by atoms with Crippen LogP contribution in [0.4, 0.5) is 0 Å². The molecule has 0 radical (unpaired) electrons. The molecule has 0 aliphatic carbocycles. The van der Waals surface area contributed by atoms with Gasteiger partial charge in [0.2, 0.25) is 0 Å². The third kappa shape index (κ3) is 4.05. The molecule has 0 amide bonds. The van der Waals surface area contributed by atoms with Crippen molar-refractivity contribution in [3.05, 3.63) is 35.4 Å². The third-order valence-corrected chi connectivity index (χ3v) is 4.25. The van der Waals surface area contributed by atoms with Crippen molar-refractivity contribution in [3.63, 3.8) is 0 Å². The van der Waals surface area contributed by atoms with Crippen LogP contribution in [0.2, 0.25) is 0 Å². The zero-order valence-corrected chi connectivity index (χ0v) is 12.3. The molecule has 106 valence electrons. The molecule has 1 N–H and O–H groups in total. The molecule has 0 spiro atoms. The predicted octanol–water partition coefficient (Wildman–Crippen LogP) is 2.88. The van der Waals surface area contributed by atoms with Gasteiger partial charge in [-0.1, -0.05) is 38.1 Å². The molecule has 0 saturated carbocycles. The van der Waals surface area contributed by atoms with E-state index in [0.29, 0.717) is 5.92 Å². The molecule has 1 saturated heterocycles. The highest BCUT2D eigenvalue weighted by molar-refractivity contribution is 5.23. The Balaban J connectivity index is 1.95. The average molecular weight is 261 g/mol. The van der Waals surface area contributed by atoms with Gasteiger partial charge in [-0.3, -0.25) is 0 Å². The van der Waals surface area contributed by atoms with Crippen LogP contribution in [-0.2, 0) is 12.8 Å². The smallest absolute Gasteiger partial charge is 0.0596 e. The van der Waals surface area contributed by atoms with E-state index in [2.05, 4.69) is 43.0 Å². The van der Waals surface area contributed by atoms with Crippen LogP contribution in [0.5, 0.6) is 0 Å². The molecule has 2 unspecified atom stereocenters. The topological polar surface area (TPSA) is 23.5 Å². The summed E-state index contributed by atoms with van der Waals surface area (Å²) >= 11 is 0. The minimum atomic E-state index is -0.126. The Bertz CT molecular complexity index is 373. The highest BCUT2D eigenvalue weighted by Crippen LogP contribution is 2.22. The number of aliphatic hydroxyl groups excluding tert-OH is 1. The van der Waals surface area contributed by atoms with Gasteiger partial charge in [0.1, 0.15) is 0 Å². The molecular weight excluding hydrogens is 234 g/mol. The number of hydrogen-bond donors (Lipinski definition) is 1. The number of aryl methyl sites for hydroxylation is 1. The molecule has 1 heterocycles. The van der Waals surface area contributed by atoms with Crippen molar-refractivity contribution in [1.82, 2.24) is 4.90 Å². The molecule has 2 atom stereocenters. The highest BCUT2D eigenvalue weighted by atomic mass is 16.3. The van der Waals surface area contributed by atoms with Crippen LogP contribution in [0.1, 0.15) is 37.8 Å². The lowest BCUT2D eigenvalue weighted by molar-refractivity contribution is 0.0270. The summed E-state index contributed by atoms with van der Waals surface area (Å²) in [4.78, 5) is 2.50. The van der Waals surface area contributed by atoms with Gasteiger partial charge in [0.25, 0.3) is 0 Å². The van der Waals surface area contributed by atoms with E-state index in [0.717, 1.165) is 38.9 Å². The fourth-order valence-corrected chi connectivity index (χ4v) is 3.03. The van der Waals surface area contributed by atoms with E-state index in [1.807, 2.05) is 0 Å². The Hall–Kier alpha value is -0.860. The summed E-state index contributed by atoms with van der Waals surface area (Å²) < 4.78 is 0. The van der Waals surface area contributed by atoms with Gasteiger partial charge in [-0.2, -0.15) is 0 Å². The first-order chi connectivity index (χ1) is 9.22. The van der Waals surface area contributed by atoms with E-state index in [1.54, 1.807) is 0 Å². The molecular formula is C17H27NO. The Morgan fingerprint density at radius 3 is 2.47 bits per heavy atom. The largest absolute Gasteiger partial charge is 0.393 e. The molecule has 1 aliphatic heterocycles. The molecule has 0 bridgehead atoms. The van der Waals surface area contributed by atoms with Crippen LogP contribution < -0.4 is 0 Å². The van der Waals surface area contributed by atoms with Crippen LogP contribution in [0.15, 0.2) is 24.3 Å². The zero-order valence-electron chi connectivity index (χ0n) is 12.3. The van der Waals surface area contributed by atoms with Gasteiger partial charge < -0.3 is 10.0 Å². The Morgan fingerprint density at radius 1 is 1.16 bits per heavy atom. The second-order valence-corrected chi connectivity index (χ2v) is 5.79. The van der Waals surface area contributed by atoms with Gasteiger partial charge in [0.15, 0.2) is 0 Å². The molecule has 2 rings (SSSR count). The summed E-state index contributed by atoms with van der Waals surface area (Å²) in [7, 11) is 0. The molecule has 1 aromatic rings. The van der Waals surface area contributed by atoms with Crippen molar-refractivity contribution in [1.29, 1.82) is 0 Å². The Labute approximate surface area is 117 Å². The minimum absolute atomic E-state index is 0.126. The average Bonchev–Trinajstić information content (AvgIpc) is 2.44. The first-order valence-electron chi connectivity index (χ1n) is 7.71. The first-order valence-corrected chi connectivity index (χ1v) is 7.71. The lowest BCUT2D eigenvalue weighted by Gasteiger charge is -2.36. The van der Waals surface area contributed by atoms with E-state index in [9.17, 15) is 5.11 Å². The number of benzene rings is 1. The predicted molar refractivity (Wildman–Crippen MR) is 80.4 cm³/mol. The monoisotopic (exact) mass is 261 g/mol. The fourth-order valence-electron chi connectivity index (χ4n) is 3.03. The summed E-state index contributed by atoms with van der Waals surface area (Å²) in [5.41, 5.74) is 2.75. The molecule has 1 aromatic carbocycles. The van der Waals surface area contributed by atoms with Gasteiger partial charge >= 0.3 is 0 Å². The normalized spacial score (nSPS) is 24.6. The van der Waals surface area contributed by atoms with E-state index < -0.39 is 0 Å². The van der Waals surface area contributed by atoms with Gasteiger partial charge in [-0.25, -0.2) is 0 Å². The van der Waals surface area contributed by atoms with Crippen molar-refractivity contribution in [2.24, 2.45) is 5.92 Å². The molecule has 2 heteroatoms. The number of aliphatic hydroxyl groups is 1. The zero-order chi connectivity index (χ0) is 13.7. The van der Waals surface area contributed by atoms with E-state index in [4.69, 9.17) is 0 Å². The van der Waals surface area contributed by atoms with Crippen molar-refractivity contribution < 1.29 is 5.11 Å². The second-order valence-electron chi connectivity index (χ2n) is 5.79. The molecule has 1 fully saturated rings. The minimum Gasteiger partial charge on any atom is -0.393 e. The SMILES string of the molecule is CCCN1CCC(O)C(Cc2ccc(CC)cc2)C1. The van der Waals surface area contributed by atoms with Crippen LogP contribution in [0.25, 0.3) is 0 Å². The summed E-state index contributed by atoms with van der Waals surface area (Å²) in [6.45, 7) is 7.68. The van der Waals surface area contributed by atoms with Gasteiger partial charge in [-0.05, 0) is 43.4 Å². The standard InChI is InChI=1S/C17H27NO/c1-3-10-18-11-9-17(19)16(13-18)12-15-7-5-14(4-2)6-8-15/h5-8,16-17,19H,3-4,9-13H2,1-2H3. The Kier molecular flexibility index (Phi) is 5.41. The maximum Gasteiger partial charge on any atom is 0.0596 e. The highest BCUT2D eigenvalue weighted by Gasteiger charge is 2.27. The summed E-state index contributed by atoms with van der Waals surface area (Å²) in [5.74, 6) is 0.396. The first kappa shape index (κ1) is 14.5. The van der Waals surface area contributed by atoms with Crippen LogP contribution in [0.3, 0.4) is 0 Å². The lowest BCUT2D eigenvalue weighted by Crippen LogP contribution is -2.44. The third-order valence-electron chi connectivity index (χ3n) is 4.25. The summed E-state index contributed by atoms with van der Waals surface area (Å²) in [5, 5.41) is 10.2. The maximum atomic E-state index is 10.2. The second kappa shape index (κ2) is 7.06. The number of rotatable bonds is 5. The van der Waals surface area contributed by atoms with Gasteiger partial charge in [-0.15, -0.1) is 0 Å². The molecule has 0 aromatic heterocycles. The van der Waals surface area contributed by atoms with Crippen molar-refractivity contribution >= 4 is 0 Å². The number of piperidine rings is 1. The van der Waals surface area contributed by atoms with Crippen LogP contribution in [-0.4, -0.2) is 35.7 Å². The van der Waals surface area contributed by atoms with Gasteiger partial charge in [0, 0.05) is 19.0 Å². The molecule has 2 nitrogen and oxygen atoms in total. The Morgan fingerprint density at radius 2 is 1.84 bits per heavy atom. The van der Waals surface area contributed by atoms with Crippen molar-refractivity contribution in [2.45, 2.75) is 45.6 Å². The summed E-state index contributed by atoms with van der Waals surface area (Å²) in [6, 6.07) is 8.89. The van der Waals surface area contributed by atoms with Crippen molar-refractivity contribution in [2.75, 3.05) is 19.6 Å².